The van der Waals surface area contributed by atoms with E-state index in [9.17, 15) is 8.42 Å². The Morgan fingerprint density at radius 2 is 1.89 bits per heavy atom. The Balaban J connectivity index is 2.44. The molecule has 0 radical (unpaired) electrons. The van der Waals surface area contributed by atoms with Crippen molar-refractivity contribution in [2.24, 2.45) is 5.92 Å². The number of hydrogen-bond donors (Lipinski definition) is 1. The quantitative estimate of drug-likeness (QED) is 0.919. The van der Waals surface area contributed by atoms with Gasteiger partial charge in [-0.1, -0.05) is 23.2 Å². The number of hydrogen-bond acceptors (Lipinski definition) is 2. The molecular weight excluding hydrogens is 305 g/mol. The Bertz CT molecular complexity index is 583. The summed E-state index contributed by atoms with van der Waals surface area (Å²) in [6, 6.07) is 1.61. The average molecular weight is 322 g/mol. The first-order valence-corrected chi connectivity index (χ1v) is 8.45. The summed E-state index contributed by atoms with van der Waals surface area (Å²) in [5, 5.41) is 0.666. The molecule has 1 aromatic carbocycles. The number of halogens is 2. The molecule has 0 spiro atoms. The van der Waals surface area contributed by atoms with Crippen molar-refractivity contribution >= 4 is 33.2 Å². The van der Waals surface area contributed by atoms with E-state index < -0.39 is 10.0 Å². The molecule has 0 aromatic heterocycles. The zero-order valence-corrected chi connectivity index (χ0v) is 13.5. The lowest BCUT2D eigenvalue weighted by atomic mass is 10.2. The summed E-state index contributed by atoms with van der Waals surface area (Å²) in [7, 11) is -3.64. The number of rotatable bonds is 4. The van der Waals surface area contributed by atoms with Gasteiger partial charge in [-0.25, -0.2) is 13.1 Å². The van der Waals surface area contributed by atoms with Gasteiger partial charge < -0.3 is 0 Å². The highest BCUT2D eigenvalue weighted by Crippen LogP contribution is 2.36. The van der Waals surface area contributed by atoms with Crippen molar-refractivity contribution in [2.45, 2.75) is 44.6 Å². The normalized spacial score (nSPS) is 17.5. The predicted molar refractivity (Wildman–Crippen MR) is 78.4 cm³/mol. The fraction of sp³-hybridized carbons (Fsp3) is 0.538. The Hall–Kier alpha value is -0.290. The van der Waals surface area contributed by atoms with Crippen LogP contribution < -0.4 is 4.72 Å². The molecule has 0 aliphatic heterocycles. The van der Waals surface area contributed by atoms with Gasteiger partial charge in [0.2, 0.25) is 10.0 Å². The van der Waals surface area contributed by atoms with E-state index in [0.29, 0.717) is 22.1 Å². The molecule has 1 fully saturated rings. The fourth-order valence-electron chi connectivity index (χ4n) is 2.13. The van der Waals surface area contributed by atoms with Crippen LogP contribution in [0.3, 0.4) is 0 Å². The predicted octanol–water partition coefficient (Wildman–Crippen LogP) is 3.69. The maximum atomic E-state index is 12.5. The number of aryl methyl sites for hydroxylation is 1. The molecule has 1 aliphatic rings. The van der Waals surface area contributed by atoms with Crippen LogP contribution in [0.1, 0.15) is 30.9 Å². The van der Waals surface area contributed by atoms with Gasteiger partial charge in [0.25, 0.3) is 0 Å². The SMILES string of the molecule is Cc1cc(Cl)c(C)c(S(=O)(=O)N[C@@H](C)C2CC2)c1Cl. The number of nitrogens with one attached hydrogen (secondary N) is 1. The van der Waals surface area contributed by atoms with E-state index in [1.165, 1.54) is 0 Å². The third kappa shape index (κ3) is 3.07. The van der Waals surface area contributed by atoms with Gasteiger partial charge in [0.1, 0.15) is 4.90 Å². The molecule has 2 rings (SSSR count). The second-order valence-corrected chi connectivity index (χ2v) is 7.63. The molecule has 0 bridgehead atoms. The molecule has 19 heavy (non-hydrogen) atoms. The van der Waals surface area contributed by atoms with Gasteiger partial charge in [-0.3, -0.25) is 0 Å². The molecule has 0 amide bonds. The molecule has 1 aliphatic carbocycles. The van der Waals surface area contributed by atoms with Gasteiger partial charge in [-0.2, -0.15) is 0 Å². The van der Waals surface area contributed by atoms with Crippen LogP contribution in [-0.2, 0) is 10.0 Å². The lowest BCUT2D eigenvalue weighted by molar-refractivity contribution is 0.537. The largest absolute Gasteiger partial charge is 0.242 e. The first kappa shape index (κ1) is 15.1. The Morgan fingerprint density at radius 3 is 2.42 bits per heavy atom. The molecule has 3 nitrogen and oxygen atoms in total. The first-order valence-electron chi connectivity index (χ1n) is 6.21. The lowest BCUT2D eigenvalue weighted by Gasteiger charge is -2.17. The van der Waals surface area contributed by atoms with Crippen molar-refractivity contribution in [1.82, 2.24) is 4.72 Å². The second kappa shape index (κ2) is 5.24. The van der Waals surface area contributed by atoms with Crippen molar-refractivity contribution in [1.29, 1.82) is 0 Å². The third-order valence-electron chi connectivity index (χ3n) is 3.53. The highest BCUT2D eigenvalue weighted by Gasteiger charge is 2.33. The number of benzene rings is 1. The molecule has 1 N–H and O–H groups in total. The van der Waals surface area contributed by atoms with Crippen molar-refractivity contribution in [3.8, 4) is 0 Å². The maximum Gasteiger partial charge on any atom is 0.242 e. The van der Waals surface area contributed by atoms with E-state index in [-0.39, 0.29) is 16.0 Å². The molecule has 106 valence electrons. The fourth-order valence-corrected chi connectivity index (χ4v) is 4.65. The van der Waals surface area contributed by atoms with Gasteiger partial charge >= 0.3 is 0 Å². The van der Waals surface area contributed by atoms with Gasteiger partial charge in [-0.15, -0.1) is 0 Å². The van der Waals surface area contributed by atoms with Gasteiger partial charge in [0.05, 0.1) is 5.02 Å². The smallest absolute Gasteiger partial charge is 0.208 e. The Labute approximate surface area is 124 Å². The lowest BCUT2D eigenvalue weighted by Crippen LogP contribution is -2.34. The van der Waals surface area contributed by atoms with Crippen LogP contribution in [0.5, 0.6) is 0 Å². The monoisotopic (exact) mass is 321 g/mol. The zero-order valence-electron chi connectivity index (χ0n) is 11.1. The summed E-state index contributed by atoms with van der Waals surface area (Å²) in [5.41, 5.74) is 1.16. The minimum absolute atomic E-state index is 0.0697. The molecule has 0 saturated heterocycles. The van der Waals surface area contributed by atoms with E-state index >= 15 is 0 Å². The minimum atomic E-state index is -3.64. The summed E-state index contributed by atoms with van der Waals surface area (Å²) >= 11 is 12.2. The topological polar surface area (TPSA) is 46.2 Å². The zero-order chi connectivity index (χ0) is 14.4. The summed E-state index contributed by atoms with van der Waals surface area (Å²) in [4.78, 5) is 0.103. The molecule has 0 heterocycles. The Morgan fingerprint density at radius 1 is 1.32 bits per heavy atom. The third-order valence-corrected chi connectivity index (χ3v) is 6.25. The van der Waals surface area contributed by atoms with Gasteiger partial charge in [0, 0.05) is 11.1 Å². The van der Waals surface area contributed by atoms with E-state index in [4.69, 9.17) is 23.2 Å². The van der Waals surface area contributed by atoms with Crippen LogP contribution in [-0.4, -0.2) is 14.5 Å². The molecule has 1 atom stereocenters. The van der Waals surface area contributed by atoms with Crippen LogP contribution >= 0.6 is 23.2 Å². The Kier molecular flexibility index (Phi) is 4.17. The van der Waals surface area contributed by atoms with Crippen LogP contribution in [0.25, 0.3) is 0 Å². The molecule has 1 saturated carbocycles. The van der Waals surface area contributed by atoms with Crippen molar-refractivity contribution < 1.29 is 8.42 Å². The van der Waals surface area contributed by atoms with Crippen LogP contribution in [0, 0.1) is 19.8 Å². The van der Waals surface area contributed by atoms with Gasteiger partial charge in [0.15, 0.2) is 0 Å². The molecule has 6 heteroatoms. The van der Waals surface area contributed by atoms with Crippen molar-refractivity contribution in [3.05, 3.63) is 27.2 Å². The standard InChI is InChI=1S/C13H17Cl2NO2S/c1-7-6-11(14)8(2)13(12(7)15)19(17,18)16-9(3)10-4-5-10/h6,9-10,16H,4-5H2,1-3H3/t9-/m0/s1. The summed E-state index contributed by atoms with van der Waals surface area (Å²) < 4.78 is 27.6. The maximum absolute atomic E-state index is 12.5. The number of sulfonamides is 1. The first-order chi connectivity index (χ1) is 8.74. The van der Waals surface area contributed by atoms with E-state index in [0.717, 1.165) is 12.8 Å². The highest BCUT2D eigenvalue weighted by atomic mass is 35.5. The van der Waals surface area contributed by atoms with E-state index in [2.05, 4.69) is 4.72 Å². The van der Waals surface area contributed by atoms with Crippen LogP contribution in [0.15, 0.2) is 11.0 Å². The second-order valence-electron chi connectivity index (χ2n) is 5.19. The highest BCUT2D eigenvalue weighted by molar-refractivity contribution is 7.89. The summed E-state index contributed by atoms with van der Waals surface area (Å²) in [6.07, 6.45) is 2.15. The molecular formula is C13H17Cl2NO2S. The average Bonchev–Trinajstić information content (AvgIpc) is 3.09. The van der Waals surface area contributed by atoms with Crippen molar-refractivity contribution in [3.63, 3.8) is 0 Å². The summed E-state index contributed by atoms with van der Waals surface area (Å²) in [6.45, 7) is 5.30. The van der Waals surface area contributed by atoms with Gasteiger partial charge in [-0.05, 0) is 56.7 Å². The van der Waals surface area contributed by atoms with E-state index in [1.54, 1.807) is 19.9 Å². The molecule has 0 unspecified atom stereocenters. The van der Waals surface area contributed by atoms with Crippen LogP contribution in [0.2, 0.25) is 10.0 Å². The van der Waals surface area contributed by atoms with E-state index in [1.807, 2.05) is 6.92 Å². The molecule has 1 aromatic rings. The summed E-state index contributed by atoms with van der Waals surface area (Å²) in [5.74, 6) is 0.439. The van der Waals surface area contributed by atoms with Crippen molar-refractivity contribution in [2.75, 3.05) is 0 Å². The van der Waals surface area contributed by atoms with Crippen LogP contribution in [0.4, 0.5) is 0 Å². The minimum Gasteiger partial charge on any atom is -0.208 e.